The van der Waals surface area contributed by atoms with Gasteiger partial charge in [-0.15, -0.1) is 0 Å². The molecular weight excluding hydrogens is 446 g/mol. The summed E-state index contributed by atoms with van der Waals surface area (Å²) in [6.07, 6.45) is 1.32. The van der Waals surface area contributed by atoms with Crippen molar-refractivity contribution in [1.82, 2.24) is 9.27 Å². The summed E-state index contributed by atoms with van der Waals surface area (Å²) < 4.78 is 19.9. The number of fused-ring (bicyclic) bond motifs is 1. The molecule has 0 spiro atoms. The second-order valence-electron chi connectivity index (χ2n) is 7.14. The SMILES string of the molecule is C=CC(=O)N1CCN(c2snc3c(F)c(-c4cc(N)c(Cl)cc4C)c(Cl)cc23)CC1. The number of rotatable bonds is 3. The fourth-order valence-corrected chi connectivity index (χ4v) is 5.11. The third-order valence-corrected chi connectivity index (χ3v) is 6.86. The highest BCUT2D eigenvalue weighted by atomic mass is 35.5. The zero-order chi connectivity index (χ0) is 21.6. The summed E-state index contributed by atoms with van der Waals surface area (Å²) >= 11 is 13.8. The molecule has 3 aromatic rings. The number of nitrogens with two attached hydrogens (primary N) is 1. The molecule has 2 aromatic carbocycles. The number of aryl methyl sites for hydroxylation is 1. The lowest BCUT2D eigenvalue weighted by atomic mass is 9.98. The Hall–Kier alpha value is -2.35. The molecule has 0 aliphatic carbocycles. The van der Waals surface area contributed by atoms with E-state index < -0.39 is 5.82 Å². The average Bonchev–Trinajstić information content (AvgIpc) is 3.15. The minimum Gasteiger partial charge on any atom is -0.398 e. The van der Waals surface area contributed by atoms with E-state index >= 15 is 4.39 Å². The Morgan fingerprint density at radius 1 is 1.23 bits per heavy atom. The van der Waals surface area contributed by atoms with Crippen molar-refractivity contribution in [1.29, 1.82) is 0 Å². The van der Waals surface area contributed by atoms with Crippen LogP contribution in [0.25, 0.3) is 22.0 Å². The van der Waals surface area contributed by atoms with Crippen molar-refractivity contribution in [3.8, 4) is 11.1 Å². The molecule has 2 heterocycles. The van der Waals surface area contributed by atoms with Gasteiger partial charge in [-0.05, 0) is 53.9 Å². The Labute approximate surface area is 187 Å². The van der Waals surface area contributed by atoms with Crippen LogP contribution in [0.4, 0.5) is 15.1 Å². The van der Waals surface area contributed by atoms with Crippen LogP contribution in [0.5, 0.6) is 0 Å². The van der Waals surface area contributed by atoms with Gasteiger partial charge in [0.25, 0.3) is 0 Å². The number of carbonyl (C=O) groups is 1. The molecule has 2 N–H and O–H groups in total. The van der Waals surface area contributed by atoms with Crippen LogP contribution >= 0.6 is 34.7 Å². The van der Waals surface area contributed by atoms with Crippen molar-refractivity contribution >= 4 is 62.2 Å². The van der Waals surface area contributed by atoms with Crippen LogP contribution in [0.15, 0.2) is 30.9 Å². The average molecular weight is 465 g/mol. The summed E-state index contributed by atoms with van der Waals surface area (Å²) in [7, 11) is 0. The molecule has 30 heavy (non-hydrogen) atoms. The number of piperazine rings is 1. The maximum Gasteiger partial charge on any atom is 0.246 e. The van der Waals surface area contributed by atoms with Crippen LogP contribution in [0.2, 0.25) is 10.0 Å². The van der Waals surface area contributed by atoms with Crippen molar-refractivity contribution in [3.05, 3.63) is 52.3 Å². The van der Waals surface area contributed by atoms with Crippen LogP contribution in [0, 0.1) is 12.7 Å². The Kier molecular flexibility index (Phi) is 5.61. The minimum atomic E-state index is -0.481. The summed E-state index contributed by atoms with van der Waals surface area (Å²) in [5.74, 6) is -0.564. The normalized spacial score (nSPS) is 14.4. The summed E-state index contributed by atoms with van der Waals surface area (Å²) in [5.41, 5.74) is 8.19. The van der Waals surface area contributed by atoms with E-state index in [0.717, 1.165) is 10.6 Å². The van der Waals surface area contributed by atoms with Gasteiger partial charge in [-0.3, -0.25) is 4.79 Å². The van der Waals surface area contributed by atoms with Gasteiger partial charge in [0.1, 0.15) is 10.5 Å². The number of halogens is 3. The molecule has 5 nitrogen and oxygen atoms in total. The quantitative estimate of drug-likeness (QED) is 0.430. The minimum absolute atomic E-state index is 0.0832. The molecule has 156 valence electrons. The van der Waals surface area contributed by atoms with Gasteiger partial charge in [0.05, 0.1) is 15.7 Å². The highest BCUT2D eigenvalue weighted by Gasteiger charge is 2.26. The van der Waals surface area contributed by atoms with E-state index in [1.807, 2.05) is 6.92 Å². The van der Waals surface area contributed by atoms with E-state index in [9.17, 15) is 4.79 Å². The molecule has 1 aliphatic rings. The van der Waals surface area contributed by atoms with Gasteiger partial charge >= 0.3 is 0 Å². The van der Waals surface area contributed by atoms with Crippen molar-refractivity contribution in [2.45, 2.75) is 6.92 Å². The second kappa shape index (κ2) is 8.06. The number of nitrogen functional groups attached to an aromatic ring is 1. The van der Waals surface area contributed by atoms with E-state index in [2.05, 4.69) is 15.9 Å². The number of amides is 1. The molecule has 0 unspecified atom stereocenters. The lowest BCUT2D eigenvalue weighted by Gasteiger charge is -2.34. The molecule has 0 radical (unpaired) electrons. The number of hydrogen-bond acceptors (Lipinski definition) is 5. The zero-order valence-electron chi connectivity index (χ0n) is 16.2. The summed E-state index contributed by atoms with van der Waals surface area (Å²) in [6.45, 7) is 7.76. The molecule has 0 bridgehead atoms. The predicted octanol–water partition coefficient (Wildman–Crippen LogP) is 5.13. The molecule has 1 aliphatic heterocycles. The van der Waals surface area contributed by atoms with Crippen molar-refractivity contribution in [3.63, 3.8) is 0 Å². The largest absolute Gasteiger partial charge is 0.398 e. The molecule has 9 heteroatoms. The first kappa shape index (κ1) is 20.9. The summed E-state index contributed by atoms with van der Waals surface area (Å²) in [4.78, 5) is 15.6. The fourth-order valence-electron chi connectivity index (χ4n) is 3.69. The number of aromatic nitrogens is 1. The first-order chi connectivity index (χ1) is 14.3. The lowest BCUT2D eigenvalue weighted by molar-refractivity contribution is -0.126. The Morgan fingerprint density at radius 3 is 2.60 bits per heavy atom. The highest BCUT2D eigenvalue weighted by Crippen LogP contribution is 2.43. The Morgan fingerprint density at radius 2 is 1.93 bits per heavy atom. The smallest absolute Gasteiger partial charge is 0.246 e. The van der Waals surface area contributed by atoms with Crippen LogP contribution in [-0.2, 0) is 4.79 Å². The van der Waals surface area contributed by atoms with Crippen molar-refractivity contribution in [2.24, 2.45) is 0 Å². The van der Waals surface area contributed by atoms with Crippen LogP contribution in [0.3, 0.4) is 0 Å². The first-order valence-corrected chi connectivity index (χ1v) is 10.8. The maximum atomic E-state index is 15.5. The highest BCUT2D eigenvalue weighted by molar-refractivity contribution is 7.11. The summed E-state index contributed by atoms with van der Waals surface area (Å²) in [5, 5.41) is 2.20. The molecule has 0 saturated carbocycles. The number of anilines is 2. The van der Waals surface area contributed by atoms with Crippen LogP contribution in [0.1, 0.15) is 5.56 Å². The van der Waals surface area contributed by atoms with Crippen LogP contribution < -0.4 is 10.6 Å². The zero-order valence-corrected chi connectivity index (χ0v) is 18.5. The Balaban J connectivity index is 1.74. The van der Waals surface area contributed by atoms with Gasteiger partial charge in [-0.25, -0.2) is 4.39 Å². The molecule has 1 fully saturated rings. The van der Waals surface area contributed by atoms with Crippen molar-refractivity contribution < 1.29 is 9.18 Å². The first-order valence-electron chi connectivity index (χ1n) is 9.31. The number of carbonyl (C=O) groups excluding carboxylic acids is 1. The van der Waals surface area contributed by atoms with Gasteiger partial charge in [0.15, 0.2) is 5.82 Å². The molecule has 1 saturated heterocycles. The molecule has 1 amide bonds. The molecule has 0 atom stereocenters. The number of benzene rings is 2. The third kappa shape index (κ3) is 3.51. The van der Waals surface area contributed by atoms with E-state index in [4.69, 9.17) is 28.9 Å². The monoisotopic (exact) mass is 464 g/mol. The fraction of sp³-hybridized carbons (Fsp3) is 0.238. The summed E-state index contributed by atoms with van der Waals surface area (Å²) in [6, 6.07) is 5.08. The standard InChI is InChI=1S/C21H19Cl2FN4OS/c1-3-17(29)27-4-6-28(7-5-27)21-13-9-15(23)18(19(24)20(13)26-30-21)12-10-16(25)14(22)8-11(12)2/h3,8-10H,1,4-7,25H2,2H3. The molecular formula is C21H19Cl2FN4OS. The van der Waals surface area contributed by atoms with Gasteiger partial charge in [0, 0.05) is 37.1 Å². The van der Waals surface area contributed by atoms with E-state index in [1.54, 1.807) is 23.1 Å². The van der Waals surface area contributed by atoms with E-state index in [1.165, 1.54) is 17.6 Å². The second-order valence-corrected chi connectivity index (χ2v) is 8.70. The topological polar surface area (TPSA) is 62.5 Å². The number of nitrogens with zero attached hydrogens (tertiary/aromatic N) is 3. The van der Waals surface area contributed by atoms with Gasteiger partial charge in [0.2, 0.25) is 5.91 Å². The van der Waals surface area contributed by atoms with E-state index in [-0.39, 0.29) is 22.0 Å². The maximum absolute atomic E-state index is 15.5. The van der Waals surface area contributed by atoms with Gasteiger partial charge < -0.3 is 15.5 Å². The third-order valence-electron chi connectivity index (χ3n) is 5.31. The van der Waals surface area contributed by atoms with Gasteiger partial charge in [-0.2, -0.15) is 4.37 Å². The predicted molar refractivity (Wildman–Crippen MR) is 123 cm³/mol. The van der Waals surface area contributed by atoms with Gasteiger partial charge in [-0.1, -0.05) is 29.8 Å². The lowest BCUT2D eigenvalue weighted by Crippen LogP contribution is -2.48. The number of hydrogen-bond donors (Lipinski definition) is 1. The van der Waals surface area contributed by atoms with Crippen LogP contribution in [-0.4, -0.2) is 41.4 Å². The van der Waals surface area contributed by atoms with Crippen molar-refractivity contribution in [2.75, 3.05) is 36.8 Å². The van der Waals surface area contributed by atoms with E-state index in [0.29, 0.717) is 47.8 Å². The molecule has 4 rings (SSSR count). The Bertz CT molecular complexity index is 1170. The molecule has 1 aromatic heterocycles.